The van der Waals surface area contributed by atoms with Crippen LogP contribution in [-0.2, 0) is 9.53 Å². The van der Waals surface area contributed by atoms with Gasteiger partial charge in [0.2, 0.25) is 0 Å². The van der Waals surface area contributed by atoms with E-state index in [0.29, 0.717) is 6.04 Å². The Labute approximate surface area is 97.3 Å². The molecule has 0 aromatic heterocycles. The monoisotopic (exact) mass is 229 g/mol. The molecule has 1 saturated heterocycles. The maximum atomic E-state index is 11.7. The van der Waals surface area contributed by atoms with Crippen LogP contribution >= 0.6 is 0 Å². The van der Waals surface area contributed by atoms with Crippen LogP contribution in [0.2, 0.25) is 0 Å². The van der Waals surface area contributed by atoms with Crippen LogP contribution in [0.5, 0.6) is 0 Å². The van der Waals surface area contributed by atoms with Gasteiger partial charge in [0.15, 0.2) is 0 Å². The fraction of sp³-hybridized carbons (Fsp3) is 0.909. The van der Waals surface area contributed by atoms with Crippen molar-refractivity contribution in [2.24, 2.45) is 5.73 Å². The number of carbonyl (C=O) groups is 1. The van der Waals surface area contributed by atoms with E-state index in [4.69, 9.17) is 10.5 Å². The molecule has 1 heterocycles. The molecule has 94 valence electrons. The molecule has 0 aromatic rings. The van der Waals surface area contributed by atoms with E-state index in [0.717, 1.165) is 19.4 Å². The second-order valence-corrected chi connectivity index (χ2v) is 4.52. The molecule has 0 bridgehead atoms. The average Bonchev–Trinajstić information content (AvgIpc) is 2.25. The number of nitrogens with two attached hydrogens (primary N) is 1. The number of hydrogen-bond donors (Lipinski definition) is 2. The number of nitrogens with one attached hydrogen (secondary N) is 1. The largest absolute Gasteiger partial charge is 0.370 e. The summed E-state index contributed by atoms with van der Waals surface area (Å²) in [4.78, 5) is 14.0. The summed E-state index contributed by atoms with van der Waals surface area (Å²) in [6.45, 7) is 3.42. The van der Waals surface area contributed by atoms with Crippen LogP contribution in [-0.4, -0.2) is 56.2 Å². The maximum absolute atomic E-state index is 11.7. The lowest BCUT2D eigenvalue weighted by atomic mass is 9.99. The molecule has 16 heavy (non-hydrogen) atoms. The molecule has 1 fully saturated rings. The fourth-order valence-electron chi connectivity index (χ4n) is 2.02. The average molecular weight is 229 g/mol. The highest BCUT2D eigenvalue weighted by Crippen LogP contribution is 2.15. The Kier molecular flexibility index (Phi) is 5.18. The fourth-order valence-corrected chi connectivity index (χ4v) is 2.02. The molecule has 1 amide bonds. The van der Waals surface area contributed by atoms with Crippen molar-refractivity contribution in [1.29, 1.82) is 0 Å². The minimum atomic E-state index is -0.519. The third-order valence-electron chi connectivity index (χ3n) is 3.35. The number of rotatable bonds is 4. The van der Waals surface area contributed by atoms with Gasteiger partial charge in [0.25, 0.3) is 5.91 Å². The Bertz CT molecular complexity index is 231. The zero-order valence-corrected chi connectivity index (χ0v) is 10.4. The smallest absolute Gasteiger partial charge is 0.250 e. The Balaban J connectivity index is 2.40. The molecule has 3 unspecified atom stereocenters. The van der Waals surface area contributed by atoms with E-state index < -0.39 is 6.10 Å². The lowest BCUT2D eigenvalue weighted by Crippen LogP contribution is -2.51. The van der Waals surface area contributed by atoms with Crippen LogP contribution in [0.1, 0.15) is 19.8 Å². The van der Waals surface area contributed by atoms with Crippen molar-refractivity contribution in [3.8, 4) is 0 Å². The van der Waals surface area contributed by atoms with Crippen molar-refractivity contribution in [2.45, 2.75) is 38.0 Å². The molecule has 0 spiro atoms. The van der Waals surface area contributed by atoms with Gasteiger partial charge in [-0.1, -0.05) is 0 Å². The summed E-state index contributed by atoms with van der Waals surface area (Å²) in [7, 11) is 3.62. The van der Waals surface area contributed by atoms with E-state index in [9.17, 15) is 4.79 Å². The minimum Gasteiger partial charge on any atom is -0.370 e. The van der Waals surface area contributed by atoms with E-state index in [-0.39, 0.29) is 18.5 Å². The van der Waals surface area contributed by atoms with Crippen molar-refractivity contribution in [2.75, 3.05) is 27.2 Å². The van der Waals surface area contributed by atoms with Crippen molar-refractivity contribution in [3.63, 3.8) is 0 Å². The van der Waals surface area contributed by atoms with Gasteiger partial charge in [-0.3, -0.25) is 4.79 Å². The normalized spacial score (nSPS) is 28.8. The quantitative estimate of drug-likeness (QED) is 0.686. The van der Waals surface area contributed by atoms with Crippen LogP contribution < -0.4 is 11.1 Å². The van der Waals surface area contributed by atoms with Gasteiger partial charge in [0.05, 0.1) is 0 Å². The first kappa shape index (κ1) is 13.4. The maximum Gasteiger partial charge on any atom is 0.250 e. The van der Waals surface area contributed by atoms with Gasteiger partial charge >= 0.3 is 0 Å². The number of methoxy groups -OCH3 is 1. The number of likely N-dealkylation sites (tertiary alicyclic amines) is 1. The molecule has 0 saturated carbocycles. The number of hydrogen-bond acceptors (Lipinski definition) is 4. The molecular weight excluding hydrogens is 206 g/mol. The molecule has 5 heteroatoms. The summed E-state index contributed by atoms with van der Waals surface area (Å²) in [5.74, 6) is -0.0910. The highest BCUT2D eigenvalue weighted by atomic mass is 16.5. The Morgan fingerprint density at radius 2 is 2.38 bits per heavy atom. The zero-order chi connectivity index (χ0) is 12.1. The zero-order valence-electron chi connectivity index (χ0n) is 10.4. The number of ether oxygens (including phenoxy) is 1. The molecular formula is C11H23N3O2. The summed E-state index contributed by atoms with van der Waals surface area (Å²) in [6, 6.07) is 0.765. The highest BCUT2D eigenvalue weighted by molar-refractivity contribution is 5.81. The molecule has 0 aliphatic carbocycles. The van der Waals surface area contributed by atoms with E-state index in [1.807, 2.05) is 0 Å². The summed E-state index contributed by atoms with van der Waals surface area (Å²) in [5, 5.41) is 3.00. The predicted molar refractivity (Wildman–Crippen MR) is 63.1 cm³/mol. The molecule has 3 atom stereocenters. The van der Waals surface area contributed by atoms with E-state index >= 15 is 0 Å². The van der Waals surface area contributed by atoms with Crippen LogP contribution in [0.3, 0.4) is 0 Å². The summed E-state index contributed by atoms with van der Waals surface area (Å²) >= 11 is 0. The Hall–Kier alpha value is -0.650. The van der Waals surface area contributed by atoms with E-state index in [1.165, 1.54) is 7.11 Å². The number of carbonyl (C=O) groups excluding carboxylic acids is 1. The molecule has 0 aromatic carbocycles. The molecule has 3 N–H and O–H groups in total. The Morgan fingerprint density at radius 3 is 2.88 bits per heavy atom. The second-order valence-electron chi connectivity index (χ2n) is 4.52. The second kappa shape index (κ2) is 6.18. The molecule has 0 radical (unpaired) electrons. The van der Waals surface area contributed by atoms with Gasteiger partial charge in [-0.05, 0) is 26.8 Å². The summed E-state index contributed by atoms with van der Waals surface area (Å²) in [5.41, 5.74) is 5.44. The standard InChI is InChI=1S/C11H23N3O2/c1-8-6-9(4-5-14(8)2)13-11(15)10(7-12)16-3/h8-10H,4-7,12H2,1-3H3,(H,13,15). The topological polar surface area (TPSA) is 67.6 Å². The van der Waals surface area contributed by atoms with E-state index in [1.54, 1.807) is 0 Å². The Morgan fingerprint density at radius 1 is 1.69 bits per heavy atom. The molecule has 1 aliphatic rings. The van der Waals surface area contributed by atoms with Crippen LogP contribution in [0, 0.1) is 0 Å². The SMILES string of the molecule is COC(CN)C(=O)NC1CCN(C)C(C)C1. The summed E-state index contributed by atoms with van der Waals surface area (Å²) < 4.78 is 5.00. The van der Waals surface area contributed by atoms with Crippen LogP contribution in [0.25, 0.3) is 0 Å². The van der Waals surface area contributed by atoms with Crippen molar-refractivity contribution in [3.05, 3.63) is 0 Å². The predicted octanol–water partition coefficient (Wildman–Crippen LogP) is -0.441. The highest BCUT2D eigenvalue weighted by Gasteiger charge is 2.26. The lowest BCUT2D eigenvalue weighted by Gasteiger charge is -2.35. The van der Waals surface area contributed by atoms with Crippen molar-refractivity contribution < 1.29 is 9.53 Å². The van der Waals surface area contributed by atoms with Crippen LogP contribution in [0.15, 0.2) is 0 Å². The van der Waals surface area contributed by atoms with Crippen molar-refractivity contribution in [1.82, 2.24) is 10.2 Å². The van der Waals surface area contributed by atoms with Gasteiger partial charge in [-0.25, -0.2) is 0 Å². The third-order valence-corrected chi connectivity index (χ3v) is 3.35. The minimum absolute atomic E-state index is 0.0910. The van der Waals surface area contributed by atoms with Gasteiger partial charge in [-0.15, -0.1) is 0 Å². The third kappa shape index (κ3) is 3.43. The molecule has 5 nitrogen and oxygen atoms in total. The van der Waals surface area contributed by atoms with Gasteiger partial charge < -0.3 is 20.7 Å². The lowest BCUT2D eigenvalue weighted by molar-refractivity contribution is -0.131. The van der Waals surface area contributed by atoms with Gasteiger partial charge in [0.1, 0.15) is 6.10 Å². The van der Waals surface area contributed by atoms with Gasteiger partial charge in [-0.2, -0.15) is 0 Å². The van der Waals surface area contributed by atoms with Crippen LogP contribution in [0.4, 0.5) is 0 Å². The van der Waals surface area contributed by atoms with Gasteiger partial charge in [0, 0.05) is 32.3 Å². The first-order chi connectivity index (χ1) is 7.58. The number of piperidine rings is 1. The van der Waals surface area contributed by atoms with Crippen molar-refractivity contribution >= 4 is 5.91 Å². The molecule has 1 rings (SSSR count). The first-order valence-electron chi connectivity index (χ1n) is 5.82. The summed E-state index contributed by atoms with van der Waals surface area (Å²) in [6.07, 6.45) is 1.46. The first-order valence-corrected chi connectivity index (χ1v) is 5.82. The number of amides is 1. The number of nitrogens with zero attached hydrogens (tertiary/aromatic N) is 1. The molecule has 1 aliphatic heterocycles. The van der Waals surface area contributed by atoms with E-state index in [2.05, 4.69) is 24.2 Å².